The molecule has 0 aliphatic carbocycles. The van der Waals surface area contributed by atoms with Crippen LogP contribution in [0.5, 0.6) is 0 Å². The van der Waals surface area contributed by atoms with Gasteiger partial charge < -0.3 is 0 Å². The van der Waals surface area contributed by atoms with E-state index in [1.807, 2.05) is 55.5 Å². The third-order valence-corrected chi connectivity index (χ3v) is 6.90. The van der Waals surface area contributed by atoms with Gasteiger partial charge in [-0.1, -0.05) is 42.9 Å². The van der Waals surface area contributed by atoms with Crippen molar-refractivity contribution in [1.29, 1.82) is 0 Å². The number of aryl methyl sites for hydroxylation is 1. The highest BCUT2D eigenvalue weighted by atomic mass is 35.5. The molecule has 1 amide bonds. The van der Waals surface area contributed by atoms with Crippen LogP contribution in [0.2, 0.25) is 5.02 Å². The zero-order valence-corrected chi connectivity index (χ0v) is 19.9. The fourth-order valence-corrected chi connectivity index (χ4v) is 5.60. The van der Waals surface area contributed by atoms with Gasteiger partial charge >= 0.3 is 0 Å². The molecule has 0 radical (unpaired) electrons. The van der Waals surface area contributed by atoms with Crippen LogP contribution in [0.4, 0.5) is 5.13 Å². The Morgan fingerprint density at radius 1 is 1.16 bits per heavy atom. The number of hydrogen-bond acceptors (Lipinski definition) is 5. The number of aromatic nitrogens is 2. The average molecular weight is 468 g/mol. The van der Waals surface area contributed by atoms with Gasteiger partial charge in [-0.2, -0.15) is 0 Å². The predicted octanol–water partition coefficient (Wildman–Crippen LogP) is 7.00. The van der Waals surface area contributed by atoms with Gasteiger partial charge in [0.05, 0.1) is 16.8 Å². The van der Waals surface area contributed by atoms with Crippen LogP contribution in [0.25, 0.3) is 10.2 Å². The van der Waals surface area contributed by atoms with Crippen LogP contribution in [0.15, 0.2) is 65.8 Å². The van der Waals surface area contributed by atoms with E-state index in [0.717, 1.165) is 26.2 Å². The zero-order chi connectivity index (χ0) is 22.0. The predicted molar refractivity (Wildman–Crippen MR) is 132 cm³/mol. The van der Waals surface area contributed by atoms with Crippen LogP contribution in [-0.2, 0) is 6.54 Å². The molecule has 158 valence electrons. The van der Waals surface area contributed by atoms with Crippen LogP contribution in [0.1, 0.15) is 35.3 Å². The minimum absolute atomic E-state index is 0.0779. The van der Waals surface area contributed by atoms with E-state index in [-0.39, 0.29) is 5.91 Å². The van der Waals surface area contributed by atoms with Gasteiger partial charge in [0.2, 0.25) is 0 Å². The number of nitrogens with zero attached hydrogens (tertiary/aromatic N) is 3. The largest absolute Gasteiger partial charge is 0.279 e. The van der Waals surface area contributed by atoms with Gasteiger partial charge in [-0.25, -0.2) is 4.98 Å². The van der Waals surface area contributed by atoms with Gasteiger partial charge in [0.15, 0.2) is 5.13 Å². The first-order chi connectivity index (χ1) is 14.9. The van der Waals surface area contributed by atoms with Crippen LogP contribution in [0.3, 0.4) is 0 Å². The standard InChI is InChI=1S/C24H22ClN3OS2/c1-15(2)30-20-6-4-5-18(12-20)23(29)28(14-17-7-9-26-10-8-17)24-27-22-16(3)11-19(25)13-21(22)31-24/h4-13,15H,14H2,1-3H3. The van der Waals surface area contributed by atoms with Crippen molar-refractivity contribution >= 4 is 56.0 Å². The molecule has 2 aromatic carbocycles. The van der Waals surface area contributed by atoms with Gasteiger partial charge in [0, 0.05) is 33.1 Å². The lowest BCUT2D eigenvalue weighted by atomic mass is 10.2. The molecule has 2 aromatic heterocycles. The second-order valence-corrected chi connectivity index (χ2v) is 10.6. The third kappa shape index (κ3) is 5.09. The lowest BCUT2D eigenvalue weighted by molar-refractivity contribution is 0.0985. The Kier molecular flexibility index (Phi) is 6.60. The molecule has 0 bridgehead atoms. The molecule has 0 N–H and O–H groups in total. The van der Waals surface area contributed by atoms with Crippen molar-refractivity contribution in [2.24, 2.45) is 0 Å². The molecule has 7 heteroatoms. The third-order valence-electron chi connectivity index (χ3n) is 4.66. The number of pyridine rings is 1. The second-order valence-electron chi connectivity index (χ2n) is 7.51. The molecule has 0 saturated heterocycles. The van der Waals surface area contributed by atoms with E-state index in [1.54, 1.807) is 29.1 Å². The molecule has 0 aliphatic heterocycles. The summed E-state index contributed by atoms with van der Waals surface area (Å²) >= 11 is 9.47. The number of thioether (sulfide) groups is 1. The quantitative estimate of drug-likeness (QED) is 0.286. The van der Waals surface area contributed by atoms with Crippen LogP contribution in [-0.4, -0.2) is 21.1 Å². The highest BCUT2D eigenvalue weighted by Crippen LogP contribution is 2.34. The van der Waals surface area contributed by atoms with Crippen molar-refractivity contribution < 1.29 is 4.79 Å². The fourth-order valence-electron chi connectivity index (χ4n) is 3.29. The van der Waals surface area contributed by atoms with E-state index >= 15 is 0 Å². The molecule has 2 heterocycles. The summed E-state index contributed by atoms with van der Waals surface area (Å²) in [4.78, 5) is 25.4. The summed E-state index contributed by atoms with van der Waals surface area (Å²) in [5.41, 5.74) is 3.51. The first-order valence-corrected chi connectivity index (χ1v) is 12.0. The number of anilines is 1. The van der Waals surface area contributed by atoms with Crippen molar-refractivity contribution in [3.05, 3.63) is 82.6 Å². The first-order valence-electron chi connectivity index (χ1n) is 9.95. The molecule has 31 heavy (non-hydrogen) atoms. The summed E-state index contributed by atoms with van der Waals surface area (Å²) in [6.07, 6.45) is 3.47. The van der Waals surface area contributed by atoms with Gasteiger partial charge in [-0.3, -0.25) is 14.7 Å². The lowest BCUT2D eigenvalue weighted by Crippen LogP contribution is -2.30. The summed E-state index contributed by atoms with van der Waals surface area (Å²) in [5.74, 6) is -0.0779. The number of fused-ring (bicyclic) bond motifs is 1. The summed E-state index contributed by atoms with van der Waals surface area (Å²) < 4.78 is 0.969. The maximum absolute atomic E-state index is 13.7. The van der Waals surface area contributed by atoms with Gasteiger partial charge in [0.25, 0.3) is 5.91 Å². The summed E-state index contributed by atoms with van der Waals surface area (Å²) in [6.45, 7) is 6.68. The molecule has 4 nitrogen and oxygen atoms in total. The van der Waals surface area contributed by atoms with E-state index in [0.29, 0.717) is 27.5 Å². The van der Waals surface area contributed by atoms with Crippen molar-refractivity contribution in [2.45, 2.75) is 37.5 Å². The number of halogens is 1. The Labute approximate surface area is 195 Å². The van der Waals surface area contributed by atoms with Crippen molar-refractivity contribution in [3.8, 4) is 0 Å². The first kappa shape index (κ1) is 21.8. The van der Waals surface area contributed by atoms with Crippen LogP contribution >= 0.6 is 34.7 Å². The highest BCUT2D eigenvalue weighted by molar-refractivity contribution is 7.99. The molecular weight excluding hydrogens is 446 g/mol. The summed E-state index contributed by atoms with van der Waals surface area (Å²) in [6, 6.07) is 15.4. The molecule has 4 rings (SSSR count). The maximum atomic E-state index is 13.7. The Balaban J connectivity index is 1.76. The number of carbonyl (C=O) groups excluding carboxylic acids is 1. The molecule has 0 unspecified atom stereocenters. The lowest BCUT2D eigenvalue weighted by Gasteiger charge is -2.20. The monoisotopic (exact) mass is 467 g/mol. The zero-order valence-electron chi connectivity index (χ0n) is 17.5. The number of carbonyl (C=O) groups is 1. The minimum atomic E-state index is -0.0779. The second kappa shape index (κ2) is 9.39. The molecule has 0 saturated carbocycles. The molecular formula is C24H22ClN3OS2. The number of hydrogen-bond donors (Lipinski definition) is 0. The number of benzene rings is 2. The number of amides is 1. The molecule has 4 aromatic rings. The Bertz CT molecular complexity index is 1220. The highest BCUT2D eigenvalue weighted by Gasteiger charge is 2.23. The topological polar surface area (TPSA) is 46.1 Å². The smallest absolute Gasteiger partial charge is 0.260 e. The number of thiazole rings is 1. The normalized spacial score (nSPS) is 11.3. The van der Waals surface area contributed by atoms with E-state index in [9.17, 15) is 4.79 Å². The van der Waals surface area contributed by atoms with Crippen molar-refractivity contribution in [1.82, 2.24) is 9.97 Å². The summed E-state index contributed by atoms with van der Waals surface area (Å²) in [7, 11) is 0. The van der Waals surface area contributed by atoms with E-state index in [4.69, 9.17) is 16.6 Å². The molecule has 0 atom stereocenters. The van der Waals surface area contributed by atoms with Gasteiger partial charge in [-0.05, 0) is 60.5 Å². The van der Waals surface area contributed by atoms with Crippen LogP contribution < -0.4 is 4.90 Å². The van der Waals surface area contributed by atoms with E-state index < -0.39 is 0 Å². The molecule has 0 spiro atoms. The SMILES string of the molecule is Cc1cc(Cl)cc2sc(N(Cc3ccncc3)C(=O)c3cccc(SC(C)C)c3)nc12. The van der Waals surface area contributed by atoms with E-state index in [2.05, 4.69) is 18.8 Å². The van der Waals surface area contributed by atoms with Gasteiger partial charge in [0.1, 0.15) is 0 Å². The fraction of sp³-hybridized carbons (Fsp3) is 0.208. The minimum Gasteiger partial charge on any atom is -0.279 e. The Hall–Kier alpha value is -2.41. The van der Waals surface area contributed by atoms with Crippen molar-refractivity contribution in [3.63, 3.8) is 0 Å². The van der Waals surface area contributed by atoms with Crippen molar-refractivity contribution in [2.75, 3.05) is 4.90 Å². The summed E-state index contributed by atoms with van der Waals surface area (Å²) in [5, 5.41) is 1.77. The maximum Gasteiger partial charge on any atom is 0.260 e. The Morgan fingerprint density at radius 3 is 2.68 bits per heavy atom. The number of rotatable bonds is 6. The molecule has 0 aliphatic rings. The average Bonchev–Trinajstić information content (AvgIpc) is 3.16. The van der Waals surface area contributed by atoms with Crippen LogP contribution in [0, 0.1) is 6.92 Å². The molecule has 0 fully saturated rings. The van der Waals surface area contributed by atoms with Gasteiger partial charge in [-0.15, -0.1) is 11.8 Å². The Morgan fingerprint density at radius 2 is 1.94 bits per heavy atom. The van der Waals surface area contributed by atoms with E-state index in [1.165, 1.54) is 11.3 Å².